The monoisotopic (exact) mass is 293 g/mol. The van der Waals surface area contributed by atoms with Crippen LogP contribution >= 0.6 is 0 Å². The van der Waals surface area contributed by atoms with Gasteiger partial charge in [0.15, 0.2) is 0 Å². The van der Waals surface area contributed by atoms with E-state index in [9.17, 15) is 5.11 Å². The number of fused-ring (bicyclic) bond motifs is 1. The lowest BCUT2D eigenvalue weighted by atomic mass is 9.88. The summed E-state index contributed by atoms with van der Waals surface area (Å²) in [6.07, 6.45) is 1.49. The van der Waals surface area contributed by atoms with Gasteiger partial charge in [0.05, 0.1) is 5.52 Å². The van der Waals surface area contributed by atoms with Crippen LogP contribution in [0.5, 0.6) is 5.75 Å². The van der Waals surface area contributed by atoms with Crippen LogP contribution < -0.4 is 5.73 Å². The van der Waals surface area contributed by atoms with E-state index in [2.05, 4.69) is 23.8 Å². The smallest absolute Gasteiger partial charge is 0.134 e. The summed E-state index contributed by atoms with van der Waals surface area (Å²) in [6.45, 7) is 8.10. The lowest BCUT2D eigenvalue weighted by molar-refractivity contribution is 0.471. The van der Waals surface area contributed by atoms with Crippen LogP contribution in [0.25, 0.3) is 22.0 Å². The highest BCUT2D eigenvalue weighted by Gasteiger charge is 2.18. The number of phenolic OH excluding ortho intramolecular Hbond substituents is 1. The van der Waals surface area contributed by atoms with Crippen molar-refractivity contribution in [1.82, 2.24) is 9.97 Å². The molecule has 22 heavy (non-hydrogen) atoms. The molecule has 4 heteroatoms. The van der Waals surface area contributed by atoms with Gasteiger partial charge in [-0.15, -0.1) is 0 Å². The molecule has 0 radical (unpaired) electrons. The maximum absolute atomic E-state index is 10.1. The number of nitrogens with zero attached hydrogens (tertiary/aromatic N) is 2. The Bertz CT molecular complexity index is 901. The number of benzene rings is 2. The number of phenols is 1. The fourth-order valence-electron chi connectivity index (χ4n) is 2.98. The normalized spacial score (nSPS) is 11.1. The first kappa shape index (κ1) is 14.3. The van der Waals surface area contributed by atoms with Crippen molar-refractivity contribution < 1.29 is 5.11 Å². The number of aromatic hydroxyl groups is 1. The summed E-state index contributed by atoms with van der Waals surface area (Å²) < 4.78 is 0. The third-order valence-corrected chi connectivity index (χ3v) is 4.37. The SMILES string of the molecule is Cc1cc2c(N)ncnc2c(-c2c(C)ccc(O)c2C)c1C. The highest BCUT2D eigenvalue weighted by atomic mass is 16.3. The predicted molar refractivity (Wildman–Crippen MR) is 90.0 cm³/mol. The molecule has 0 unspecified atom stereocenters. The lowest BCUT2D eigenvalue weighted by Gasteiger charge is -2.18. The number of anilines is 1. The summed E-state index contributed by atoms with van der Waals surface area (Å²) in [7, 11) is 0. The molecule has 0 aliphatic carbocycles. The van der Waals surface area contributed by atoms with E-state index in [0.717, 1.165) is 44.3 Å². The molecule has 0 atom stereocenters. The zero-order valence-electron chi connectivity index (χ0n) is 13.2. The van der Waals surface area contributed by atoms with Gasteiger partial charge in [0.1, 0.15) is 17.9 Å². The van der Waals surface area contributed by atoms with Crippen molar-refractivity contribution in [3.05, 3.63) is 46.8 Å². The molecule has 2 aromatic carbocycles. The molecule has 4 nitrogen and oxygen atoms in total. The Balaban J connectivity index is 2.54. The first-order chi connectivity index (χ1) is 10.4. The van der Waals surface area contributed by atoms with Crippen LogP contribution in [0.3, 0.4) is 0 Å². The highest BCUT2D eigenvalue weighted by Crippen LogP contribution is 2.39. The summed E-state index contributed by atoms with van der Waals surface area (Å²) in [6, 6.07) is 5.68. The minimum Gasteiger partial charge on any atom is -0.508 e. The third-order valence-electron chi connectivity index (χ3n) is 4.37. The molecular weight excluding hydrogens is 274 g/mol. The number of rotatable bonds is 1. The first-order valence-corrected chi connectivity index (χ1v) is 7.21. The van der Waals surface area contributed by atoms with Crippen LogP contribution in [-0.2, 0) is 0 Å². The molecular formula is C18H19N3O. The van der Waals surface area contributed by atoms with Crippen molar-refractivity contribution in [2.45, 2.75) is 27.7 Å². The zero-order valence-corrected chi connectivity index (χ0v) is 13.2. The van der Waals surface area contributed by atoms with E-state index < -0.39 is 0 Å². The van der Waals surface area contributed by atoms with Crippen molar-refractivity contribution >= 4 is 16.7 Å². The highest BCUT2D eigenvalue weighted by molar-refractivity contribution is 6.02. The second kappa shape index (κ2) is 4.98. The molecule has 0 bridgehead atoms. The number of nitrogen functional groups attached to an aromatic ring is 1. The molecule has 0 amide bonds. The van der Waals surface area contributed by atoms with Gasteiger partial charge >= 0.3 is 0 Å². The molecule has 3 rings (SSSR count). The molecule has 112 valence electrons. The van der Waals surface area contributed by atoms with Crippen LogP contribution in [0.4, 0.5) is 5.82 Å². The lowest BCUT2D eigenvalue weighted by Crippen LogP contribution is -2.00. The molecule has 3 N–H and O–H groups in total. The summed E-state index contributed by atoms with van der Waals surface area (Å²) in [5.41, 5.74) is 13.1. The zero-order chi connectivity index (χ0) is 16.0. The van der Waals surface area contributed by atoms with Crippen molar-refractivity contribution in [2.24, 2.45) is 0 Å². The van der Waals surface area contributed by atoms with Crippen molar-refractivity contribution in [1.29, 1.82) is 0 Å². The van der Waals surface area contributed by atoms with E-state index in [4.69, 9.17) is 5.73 Å². The van der Waals surface area contributed by atoms with Gasteiger partial charge < -0.3 is 10.8 Å². The molecule has 0 aliphatic rings. The van der Waals surface area contributed by atoms with E-state index in [1.807, 2.05) is 26.0 Å². The van der Waals surface area contributed by atoms with Crippen LogP contribution in [0, 0.1) is 27.7 Å². The Morgan fingerprint density at radius 3 is 2.36 bits per heavy atom. The molecule has 0 saturated carbocycles. The average molecular weight is 293 g/mol. The minimum atomic E-state index is 0.289. The maximum atomic E-state index is 10.1. The molecule has 0 fully saturated rings. The van der Waals surface area contributed by atoms with Crippen molar-refractivity contribution in [3.8, 4) is 16.9 Å². The van der Waals surface area contributed by atoms with Gasteiger partial charge in [0.2, 0.25) is 0 Å². The predicted octanol–water partition coefficient (Wildman–Crippen LogP) is 3.82. The fraction of sp³-hybridized carbons (Fsp3) is 0.222. The Morgan fingerprint density at radius 1 is 0.909 bits per heavy atom. The average Bonchev–Trinajstić information content (AvgIpc) is 2.48. The molecule has 1 aromatic heterocycles. The van der Waals surface area contributed by atoms with Gasteiger partial charge in [-0.1, -0.05) is 6.07 Å². The fourth-order valence-corrected chi connectivity index (χ4v) is 2.98. The first-order valence-electron chi connectivity index (χ1n) is 7.21. The topological polar surface area (TPSA) is 72.0 Å². The molecule has 0 spiro atoms. The third kappa shape index (κ3) is 1.99. The van der Waals surface area contributed by atoms with E-state index in [-0.39, 0.29) is 5.75 Å². The Morgan fingerprint density at radius 2 is 1.64 bits per heavy atom. The Labute approximate surface area is 129 Å². The van der Waals surface area contributed by atoms with E-state index >= 15 is 0 Å². The largest absolute Gasteiger partial charge is 0.508 e. The molecule has 0 saturated heterocycles. The number of hydrogen-bond acceptors (Lipinski definition) is 4. The standard InChI is InChI=1S/C18H19N3O/c1-9-5-6-14(22)12(4)15(9)16-11(3)10(2)7-13-17(16)20-8-21-18(13)19/h5-8,22H,1-4H3,(H2,19,20,21). The summed E-state index contributed by atoms with van der Waals surface area (Å²) in [5, 5.41) is 11.0. The van der Waals surface area contributed by atoms with E-state index in [1.165, 1.54) is 6.33 Å². The summed E-state index contributed by atoms with van der Waals surface area (Å²) in [5.74, 6) is 0.765. The van der Waals surface area contributed by atoms with Crippen LogP contribution in [0.15, 0.2) is 24.5 Å². The summed E-state index contributed by atoms with van der Waals surface area (Å²) in [4.78, 5) is 8.55. The number of aromatic nitrogens is 2. The minimum absolute atomic E-state index is 0.289. The van der Waals surface area contributed by atoms with Gasteiger partial charge in [-0.25, -0.2) is 9.97 Å². The quantitative estimate of drug-likeness (QED) is 0.715. The van der Waals surface area contributed by atoms with Gasteiger partial charge in [-0.3, -0.25) is 0 Å². The van der Waals surface area contributed by atoms with Crippen LogP contribution in [0.2, 0.25) is 0 Å². The number of aryl methyl sites for hydroxylation is 2. The van der Waals surface area contributed by atoms with Crippen molar-refractivity contribution in [2.75, 3.05) is 5.73 Å². The molecule has 1 heterocycles. The van der Waals surface area contributed by atoms with Gasteiger partial charge in [0, 0.05) is 10.9 Å². The van der Waals surface area contributed by atoms with Gasteiger partial charge in [-0.2, -0.15) is 0 Å². The van der Waals surface area contributed by atoms with Crippen molar-refractivity contribution in [3.63, 3.8) is 0 Å². The Hall–Kier alpha value is -2.62. The molecule has 3 aromatic rings. The van der Waals surface area contributed by atoms with Gasteiger partial charge in [0.25, 0.3) is 0 Å². The molecule has 0 aliphatic heterocycles. The second-order valence-electron chi connectivity index (χ2n) is 5.75. The van der Waals surface area contributed by atoms with E-state index in [1.54, 1.807) is 6.07 Å². The Kier molecular flexibility index (Phi) is 3.24. The van der Waals surface area contributed by atoms with Crippen LogP contribution in [-0.4, -0.2) is 15.1 Å². The second-order valence-corrected chi connectivity index (χ2v) is 5.75. The number of nitrogens with two attached hydrogens (primary N) is 1. The maximum Gasteiger partial charge on any atom is 0.134 e. The number of hydrogen-bond donors (Lipinski definition) is 2. The van der Waals surface area contributed by atoms with Crippen LogP contribution in [0.1, 0.15) is 22.3 Å². The van der Waals surface area contributed by atoms with Gasteiger partial charge in [-0.05, 0) is 67.6 Å². The van der Waals surface area contributed by atoms with E-state index in [0.29, 0.717) is 5.82 Å². The summed E-state index contributed by atoms with van der Waals surface area (Å²) >= 11 is 0.